The van der Waals surface area contributed by atoms with E-state index in [2.05, 4.69) is 0 Å². The summed E-state index contributed by atoms with van der Waals surface area (Å²) in [6.45, 7) is 7.91. The van der Waals surface area contributed by atoms with Gasteiger partial charge in [-0.25, -0.2) is 0 Å². The SMILES string of the molecule is CC(C)N(C(=O)SCC(Cl)=C(Cl)Cl)C(C)C.c1ccccc1. The summed E-state index contributed by atoms with van der Waals surface area (Å²) >= 11 is 17.8. The molecular formula is C16H22Cl3NOS. The number of halogens is 3. The number of nitrogens with zero attached hydrogens (tertiary/aromatic N) is 1. The van der Waals surface area contributed by atoms with Crippen LogP contribution in [0.5, 0.6) is 0 Å². The van der Waals surface area contributed by atoms with Crippen LogP contribution in [-0.2, 0) is 0 Å². The van der Waals surface area contributed by atoms with Crippen LogP contribution in [0.2, 0.25) is 0 Å². The quantitative estimate of drug-likeness (QED) is 0.590. The number of hydrogen-bond acceptors (Lipinski definition) is 2. The fourth-order valence-electron chi connectivity index (χ4n) is 1.66. The first kappa shape index (κ1) is 21.6. The van der Waals surface area contributed by atoms with E-state index in [1.807, 2.05) is 64.1 Å². The molecule has 2 nitrogen and oxygen atoms in total. The van der Waals surface area contributed by atoms with Crippen molar-refractivity contribution in [1.29, 1.82) is 0 Å². The molecule has 22 heavy (non-hydrogen) atoms. The second-order valence-corrected chi connectivity index (χ2v) is 7.30. The molecule has 0 atom stereocenters. The van der Waals surface area contributed by atoms with E-state index in [1.165, 1.54) is 0 Å². The highest BCUT2D eigenvalue weighted by atomic mass is 35.5. The third-order valence-corrected chi connectivity index (χ3v) is 4.54. The Bertz CT molecular complexity index is 425. The molecule has 0 saturated heterocycles. The molecule has 0 aliphatic carbocycles. The van der Waals surface area contributed by atoms with Crippen molar-refractivity contribution in [2.45, 2.75) is 39.8 Å². The Morgan fingerprint density at radius 1 is 0.909 bits per heavy atom. The molecule has 0 bridgehead atoms. The van der Waals surface area contributed by atoms with Crippen LogP contribution in [-0.4, -0.2) is 28.0 Å². The zero-order chi connectivity index (χ0) is 17.1. The van der Waals surface area contributed by atoms with E-state index in [-0.39, 0.29) is 21.8 Å². The third-order valence-electron chi connectivity index (χ3n) is 2.52. The number of hydrogen-bond donors (Lipinski definition) is 0. The molecule has 0 radical (unpaired) electrons. The highest BCUT2D eigenvalue weighted by molar-refractivity contribution is 8.13. The highest BCUT2D eigenvalue weighted by Gasteiger charge is 2.20. The van der Waals surface area contributed by atoms with Gasteiger partial charge in [-0.3, -0.25) is 4.79 Å². The van der Waals surface area contributed by atoms with E-state index in [1.54, 1.807) is 4.90 Å². The lowest BCUT2D eigenvalue weighted by Crippen LogP contribution is -2.39. The van der Waals surface area contributed by atoms with Crippen LogP contribution >= 0.6 is 46.6 Å². The van der Waals surface area contributed by atoms with E-state index in [9.17, 15) is 4.79 Å². The normalized spacial score (nSPS) is 10.0. The minimum atomic E-state index is -0.0160. The summed E-state index contributed by atoms with van der Waals surface area (Å²) in [5, 5.41) is 0.284. The number of carbonyl (C=O) groups excluding carboxylic acids is 1. The van der Waals surface area contributed by atoms with Gasteiger partial charge in [-0.1, -0.05) is 83.0 Å². The average molecular weight is 383 g/mol. The Hall–Kier alpha value is -0.350. The summed E-state index contributed by atoms with van der Waals surface area (Å²) in [7, 11) is 0. The molecule has 0 fully saturated rings. The smallest absolute Gasteiger partial charge is 0.282 e. The maximum atomic E-state index is 11.9. The average Bonchev–Trinajstić information content (AvgIpc) is 2.46. The maximum absolute atomic E-state index is 11.9. The Balaban J connectivity index is 0.000000604. The van der Waals surface area contributed by atoms with Crippen LogP contribution in [0, 0.1) is 0 Å². The molecule has 6 heteroatoms. The Morgan fingerprint density at radius 2 is 1.27 bits per heavy atom. The van der Waals surface area contributed by atoms with Crippen LogP contribution in [0.4, 0.5) is 4.79 Å². The molecule has 0 heterocycles. The summed E-state index contributed by atoms with van der Waals surface area (Å²) in [6, 6.07) is 12.3. The summed E-state index contributed by atoms with van der Waals surface area (Å²) in [6.07, 6.45) is 0. The Morgan fingerprint density at radius 3 is 1.55 bits per heavy atom. The molecule has 1 amide bonds. The van der Waals surface area contributed by atoms with Crippen LogP contribution < -0.4 is 0 Å². The fourth-order valence-corrected chi connectivity index (χ4v) is 3.08. The van der Waals surface area contributed by atoms with Gasteiger partial charge in [-0.15, -0.1) is 0 Å². The zero-order valence-electron chi connectivity index (χ0n) is 13.2. The van der Waals surface area contributed by atoms with Gasteiger partial charge in [-0.05, 0) is 27.7 Å². The summed E-state index contributed by atoms with van der Waals surface area (Å²) in [4.78, 5) is 13.7. The standard InChI is InChI=1S/C10H16Cl3NOS.C6H6/c1-6(2)14(7(3)4)10(15)16-5-8(11)9(12)13;1-2-4-6-5-3-1/h6-7H,5H2,1-4H3;1-6H. The Labute approximate surface area is 152 Å². The predicted molar refractivity (Wildman–Crippen MR) is 101 cm³/mol. The van der Waals surface area contributed by atoms with Crippen molar-refractivity contribution in [1.82, 2.24) is 4.90 Å². The second-order valence-electron chi connectivity index (χ2n) is 4.97. The molecule has 0 aliphatic heterocycles. The number of carbonyl (C=O) groups is 1. The van der Waals surface area contributed by atoms with E-state index in [4.69, 9.17) is 34.8 Å². The van der Waals surface area contributed by atoms with Crippen molar-refractivity contribution < 1.29 is 4.79 Å². The minimum Gasteiger partial charge on any atom is -0.329 e. The lowest BCUT2D eigenvalue weighted by atomic mass is 10.2. The molecule has 1 aromatic rings. The van der Waals surface area contributed by atoms with Crippen molar-refractivity contribution in [2.75, 3.05) is 5.75 Å². The molecule has 1 aromatic carbocycles. The van der Waals surface area contributed by atoms with Crippen molar-refractivity contribution in [2.24, 2.45) is 0 Å². The van der Waals surface area contributed by atoms with Crippen molar-refractivity contribution in [3.05, 3.63) is 45.9 Å². The molecule has 1 rings (SSSR count). The molecular weight excluding hydrogens is 361 g/mol. The van der Waals surface area contributed by atoms with E-state index in [0.29, 0.717) is 10.8 Å². The number of thioether (sulfide) groups is 1. The zero-order valence-corrected chi connectivity index (χ0v) is 16.3. The van der Waals surface area contributed by atoms with Gasteiger partial charge >= 0.3 is 0 Å². The fraction of sp³-hybridized carbons (Fsp3) is 0.438. The van der Waals surface area contributed by atoms with Crippen LogP contribution in [0.25, 0.3) is 0 Å². The topological polar surface area (TPSA) is 20.3 Å². The second kappa shape index (κ2) is 12.1. The lowest BCUT2D eigenvalue weighted by Gasteiger charge is -2.30. The molecule has 0 unspecified atom stereocenters. The summed E-state index contributed by atoms with van der Waals surface area (Å²) in [5.74, 6) is 0.304. The molecule has 124 valence electrons. The van der Waals surface area contributed by atoms with Crippen LogP contribution in [0.15, 0.2) is 45.9 Å². The maximum Gasteiger partial charge on any atom is 0.282 e. The van der Waals surface area contributed by atoms with E-state index >= 15 is 0 Å². The monoisotopic (exact) mass is 381 g/mol. The third kappa shape index (κ3) is 9.62. The van der Waals surface area contributed by atoms with Gasteiger partial charge in [0.2, 0.25) is 0 Å². The minimum absolute atomic E-state index is 0.0160. The van der Waals surface area contributed by atoms with E-state index in [0.717, 1.165) is 11.8 Å². The predicted octanol–water partition coefficient (Wildman–Crippen LogP) is 6.53. The van der Waals surface area contributed by atoms with Gasteiger partial charge in [-0.2, -0.15) is 0 Å². The van der Waals surface area contributed by atoms with Gasteiger partial charge in [0.15, 0.2) is 0 Å². The van der Waals surface area contributed by atoms with Crippen LogP contribution in [0.3, 0.4) is 0 Å². The summed E-state index contributed by atoms with van der Waals surface area (Å²) in [5.41, 5.74) is 0. The van der Waals surface area contributed by atoms with Crippen molar-refractivity contribution in [3.63, 3.8) is 0 Å². The number of benzene rings is 1. The first-order valence-corrected chi connectivity index (χ1v) is 9.04. The number of rotatable bonds is 4. The highest BCUT2D eigenvalue weighted by Crippen LogP contribution is 2.24. The molecule has 0 aromatic heterocycles. The van der Waals surface area contributed by atoms with Crippen molar-refractivity contribution >= 4 is 51.8 Å². The summed E-state index contributed by atoms with van der Waals surface area (Å²) < 4.78 is 0.0163. The van der Waals surface area contributed by atoms with Gasteiger partial charge in [0.05, 0.1) is 5.03 Å². The van der Waals surface area contributed by atoms with Crippen molar-refractivity contribution in [3.8, 4) is 0 Å². The van der Waals surface area contributed by atoms with Gasteiger partial charge in [0.25, 0.3) is 5.24 Å². The lowest BCUT2D eigenvalue weighted by molar-refractivity contribution is 0.190. The first-order chi connectivity index (χ1) is 10.3. The molecule has 0 spiro atoms. The molecule has 0 N–H and O–H groups in total. The van der Waals surface area contributed by atoms with Gasteiger partial charge < -0.3 is 4.90 Å². The van der Waals surface area contributed by atoms with Crippen LogP contribution in [0.1, 0.15) is 27.7 Å². The van der Waals surface area contributed by atoms with Gasteiger partial charge in [0, 0.05) is 17.8 Å². The molecule has 0 aliphatic rings. The first-order valence-electron chi connectivity index (χ1n) is 6.92. The van der Waals surface area contributed by atoms with Gasteiger partial charge in [0.1, 0.15) is 4.49 Å². The Kier molecular flexibility index (Phi) is 11.9. The molecule has 0 saturated carbocycles. The number of amides is 1. The largest absolute Gasteiger partial charge is 0.329 e. The van der Waals surface area contributed by atoms with E-state index < -0.39 is 0 Å².